The molecule has 6 N–H and O–H groups in total. The SMILES string of the molecule is CC(C)[C@]1(n2ccc(=O)[nH]c2=O)C[C@H](O)[C@@H](COP(=O)(O)OP(=O)(O)OP(=O)(O)O)O1. The summed E-state index contributed by atoms with van der Waals surface area (Å²) < 4.78 is 52.3. The fourth-order valence-electron chi connectivity index (χ4n) is 2.96. The largest absolute Gasteiger partial charge is 0.490 e. The molecule has 31 heavy (non-hydrogen) atoms. The van der Waals surface area contributed by atoms with Crippen molar-refractivity contribution >= 4 is 23.5 Å². The highest BCUT2D eigenvalue weighted by molar-refractivity contribution is 7.66. The molecule has 0 radical (unpaired) electrons. The van der Waals surface area contributed by atoms with Crippen LogP contribution >= 0.6 is 23.5 Å². The third-order valence-electron chi connectivity index (χ3n) is 4.24. The highest BCUT2D eigenvalue weighted by atomic mass is 31.3. The lowest BCUT2D eigenvalue weighted by Gasteiger charge is -2.34. The van der Waals surface area contributed by atoms with E-state index < -0.39 is 65.2 Å². The van der Waals surface area contributed by atoms with E-state index in [1.165, 1.54) is 0 Å². The van der Waals surface area contributed by atoms with E-state index in [0.717, 1.165) is 16.8 Å². The quantitative estimate of drug-likeness (QED) is 0.226. The molecule has 16 nitrogen and oxygen atoms in total. The van der Waals surface area contributed by atoms with E-state index in [4.69, 9.17) is 19.4 Å². The number of aliphatic hydroxyl groups excluding tert-OH is 1. The molecule has 0 aliphatic carbocycles. The molecule has 1 saturated heterocycles. The van der Waals surface area contributed by atoms with Crippen LogP contribution < -0.4 is 11.2 Å². The number of nitrogens with zero attached hydrogens (tertiary/aromatic N) is 1. The smallest absolute Gasteiger partial charge is 0.390 e. The van der Waals surface area contributed by atoms with E-state index in [-0.39, 0.29) is 6.42 Å². The minimum Gasteiger partial charge on any atom is -0.390 e. The summed E-state index contributed by atoms with van der Waals surface area (Å²) in [6.07, 6.45) is -1.74. The van der Waals surface area contributed by atoms with Crippen molar-refractivity contribution in [3.05, 3.63) is 33.1 Å². The van der Waals surface area contributed by atoms with E-state index in [1.54, 1.807) is 13.8 Å². The van der Waals surface area contributed by atoms with Gasteiger partial charge in [-0.05, 0) is 0 Å². The summed E-state index contributed by atoms with van der Waals surface area (Å²) in [6, 6.07) is 1.06. The summed E-state index contributed by atoms with van der Waals surface area (Å²) in [7, 11) is -16.7. The van der Waals surface area contributed by atoms with Crippen molar-refractivity contribution in [2.24, 2.45) is 5.92 Å². The Morgan fingerprint density at radius 2 is 1.81 bits per heavy atom. The van der Waals surface area contributed by atoms with Gasteiger partial charge in [0.1, 0.15) is 6.10 Å². The average molecular weight is 510 g/mol. The van der Waals surface area contributed by atoms with Gasteiger partial charge in [-0.3, -0.25) is 18.9 Å². The lowest BCUT2D eigenvalue weighted by molar-refractivity contribution is -0.144. The number of aromatic nitrogens is 2. The minimum absolute atomic E-state index is 0.193. The molecule has 0 saturated carbocycles. The third-order valence-corrected chi connectivity index (χ3v) is 8.04. The molecule has 2 heterocycles. The second-order valence-corrected chi connectivity index (χ2v) is 11.2. The van der Waals surface area contributed by atoms with Crippen LogP contribution in [0.25, 0.3) is 0 Å². The van der Waals surface area contributed by atoms with Gasteiger partial charge >= 0.3 is 29.2 Å². The second kappa shape index (κ2) is 9.10. The van der Waals surface area contributed by atoms with E-state index >= 15 is 0 Å². The standard InChI is InChI=1S/C12H21N2O14P3/c1-7(2)12(14-4-3-10(16)13-11(14)17)5-8(15)9(26-12)6-25-30(21,22)28-31(23,24)27-29(18,19)20/h3-4,7-9,15H,5-6H2,1-2H3,(H,21,22)(H,23,24)(H,13,16,17)(H2,18,19,20)/t8-,9+,12-/m0/s1. The number of phosphoric ester groups is 1. The molecule has 2 unspecified atom stereocenters. The van der Waals surface area contributed by atoms with Crippen molar-refractivity contribution in [1.82, 2.24) is 9.55 Å². The summed E-state index contributed by atoms with van der Waals surface area (Å²) in [5.74, 6) is -0.456. The maximum Gasteiger partial charge on any atom is 0.490 e. The molecule has 0 spiro atoms. The van der Waals surface area contributed by atoms with Crippen LogP contribution in [0.4, 0.5) is 0 Å². The lowest BCUT2D eigenvalue weighted by atomic mass is 9.94. The first-order valence-corrected chi connectivity index (χ1v) is 13.0. The van der Waals surface area contributed by atoms with E-state index in [0.29, 0.717) is 0 Å². The molecular weight excluding hydrogens is 489 g/mol. The number of hydrogen-bond acceptors (Lipinski definition) is 10. The van der Waals surface area contributed by atoms with Crippen LogP contribution in [0.1, 0.15) is 20.3 Å². The van der Waals surface area contributed by atoms with E-state index in [2.05, 4.69) is 13.1 Å². The predicted molar refractivity (Wildman–Crippen MR) is 99.4 cm³/mol. The first kappa shape index (κ1) is 26.3. The fraction of sp³-hybridized carbons (Fsp3) is 0.667. The molecule has 0 aromatic carbocycles. The van der Waals surface area contributed by atoms with E-state index in [9.17, 15) is 33.3 Å². The van der Waals surface area contributed by atoms with Gasteiger partial charge in [-0.15, -0.1) is 0 Å². The normalized spacial score (nSPS) is 28.4. The minimum atomic E-state index is -5.70. The molecular formula is C12H21N2O14P3. The Morgan fingerprint density at radius 3 is 2.32 bits per heavy atom. The number of rotatable bonds is 9. The number of phosphoric acid groups is 3. The predicted octanol–water partition coefficient (Wildman–Crippen LogP) is -0.661. The van der Waals surface area contributed by atoms with Gasteiger partial charge in [-0.2, -0.15) is 8.62 Å². The molecule has 0 bridgehead atoms. The van der Waals surface area contributed by atoms with Crippen molar-refractivity contribution in [2.45, 2.75) is 38.2 Å². The highest BCUT2D eigenvalue weighted by Crippen LogP contribution is 2.66. The number of ether oxygens (including phenoxy) is 1. The zero-order valence-corrected chi connectivity index (χ0v) is 18.7. The summed E-state index contributed by atoms with van der Waals surface area (Å²) in [5, 5.41) is 10.3. The van der Waals surface area contributed by atoms with Crippen LogP contribution in [0.15, 0.2) is 21.9 Å². The maximum atomic E-state index is 12.2. The Hall–Kier alpha value is -0.990. The first-order chi connectivity index (χ1) is 14.0. The second-order valence-electron chi connectivity index (χ2n) is 6.79. The topological polar surface area (TPSA) is 244 Å². The Labute approximate surface area is 173 Å². The molecule has 1 aliphatic rings. The van der Waals surface area contributed by atoms with Crippen LogP contribution in [0.3, 0.4) is 0 Å². The zero-order chi connectivity index (χ0) is 23.8. The molecule has 19 heteroatoms. The average Bonchev–Trinajstić information content (AvgIpc) is 2.87. The Morgan fingerprint density at radius 1 is 1.19 bits per heavy atom. The summed E-state index contributed by atoms with van der Waals surface area (Å²) in [6.45, 7) is 2.40. The molecule has 2 rings (SSSR count). The molecule has 0 amide bonds. The number of nitrogens with one attached hydrogen (secondary N) is 1. The van der Waals surface area contributed by atoms with Crippen LogP contribution in [-0.4, -0.2) is 53.0 Å². The molecule has 5 atom stereocenters. The number of aliphatic hydroxyl groups is 1. The van der Waals surface area contributed by atoms with Crippen molar-refractivity contribution in [3.63, 3.8) is 0 Å². The van der Waals surface area contributed by atoms with Crippen LogP contribution in [0, 0.1) is 5.92 Å². The van der Waals surface area contributed by atoms with Crippen LogP contribution in [0.5, 0.6) is 0 Å². The van der Waals surface area contributed by atoms with Gasteiger partial charge in [0, 0.05) is 24.6 Å². The number of aromatic amines is 1. The van der Waals surface area contributed by atoms with Crippen molar-refractivity contribution in [2.75, 3.05) is 6.61 Å². The number of H-pyrrole nitrogens is 1. The monoisotopic (exact) mass is 510 g/mol. The maximum absolute atomic E-state index is 12.2. The summed E-state index contributed by atoms with van der Waals surface area (Å²) in [5.41, 5.74) is -2.98. The molecule has 1 aromatic heterocycles. The molecule has 1 fully saturated rings. The molecule has 1 aromatic rings. The van der Waals surface area contributed by atoms with Gasteiger partial charge in [-0.25, -0.2) is 18.5 Å². The van der Waals surface area contributed by atoms with E-state index in [1.807, 2.05) is 4.98 Å². The van der Waals surface area contributed by atoms with Gasteiger partial charge in [-0.1, -0.05) is 13.8 Å². The van der Waals surface area contributed by atoms with Gasteiger partial charge in [0.2, 0.25) is 0 Å². The van der Waals surface area contributed by atoms with Crippen LogP contribution in [-0.2, 0) is 37.3 Å². The molecule has 178 valence electrons. The zero-order valence-electron chi connectivity index (χ0n) is 16.0. The Kier molecular flexibility index (Phi) is 7.71. The summed E-state index contributed by atoms with van der Waals surface area (Å²) in [4.78, 5) is 61.3. The first-order valence-electron chi connectivity index (χ1n) is 8.43. The van der Waals surface area contributed by atoms with Gasteiger partial charge in [0.25, 0.3) is 5.56 Å². The van der Waals surface area contributed by atoms with Crippen molar-refractivity contribution in [3.8, 4) is 0 Å². The molecule has 1 aliphatic heterocycles. The van der Waals surface area contributed by atoms with Crippen molar-refractivity contribution < 1.29 is 56.3 Å². The third kappa shape index (κ3) is 6.75. The Bertz CT molecular complexity index is 1060. The summed E-state index contributed by atoms with van der Waals surface area (Å²) >= 11 is 0. The van der Waals surface area contributed by atoms with Crippen molar-refractivity contribution in [1.29, 1.82) is 0 Å². The lowest BCUT2D eigenvalue weighted by Crippen LogP contribution is -2.47. The van der Waals surface area contributed by atoms with Gasteiger partial charge < -0.3 is 29.4 Å². The Balaban J connectivity index is 2.17. The number of hydrogen-bond donors (Lipinski definition) is 6. The van der Waals surface area contributed by atoms with Gasteiger partial charge in [0.15, 0.2) is 5.72 Å². The van der Waals surface area contributed by atoms with Gasteiger partial charge in [0.05, 0.1) is 12.7 Å². The highest BCUT2D eigenvalue weighted by Gasteiger charge is 2.51. The van der Waals surface area contributed by atoms with Crippen LogP contribution in [0.2, 0.25) is 0 Å². The fourth-order valence-corrected chi connectivity index (χ4v) is 5.99.